The van der Waals surface area contributed by atoms with Gasteiger partial charge in [-0.1, -0.05) is 19.3 Å². The Bertz CT molecular complexity index is 258. The van der Waals surface area contributed by atoms with Gasteiger partial charge in [0.2, 0.25) is 0 Å². The van der Waals surface area contributed by atoms with E-state index in [0.717, 1.165) is 5.76 Å². The Morgan fingerprint density at radius 1 is 1.31 bits per heavy atom. The van der Waals surface area contributed by atoms with Crippen molar-refractivity contribution in [2.45, 2.75) is 38.1 Å². The van der Waals surface area contributed by atoms with Crippen LogP contribution in [0.5, 0.6) is 0 Å². The Morgan fingerprint density at radius 3 is 2.85 bits per heavy atom. The fourth-order valence-corrected chi connectivity index (χ4v) is 1.77. The van der Waals surface area contributed by atoms with Crippen molar-refractivity contribution in [2.24, 2.45) is 4.99 Å². The second kappa shape index (κ2) is 4.26. The first-order valence-corrected chi connectivity index (χ1v) is 5.02. The van der Waals surface area contributed by atoms with E-state index in [-0.39, 0.29) is 0 Å². The van der Waals surface area contributed by atoms with E-state index in [2.05, 4.69) is 4.99 Å². The van der Waals surface area contributed by atoms with E-state index in [1.807, 2.05) is 18.3 Å². The van der Waals surface area contributed by atoms with Crippen molar-refractivity contribution < 1.29 is 4.42 Å². The zero-order chi connectivity index (χ0) is 8.93. The van der Waals surface area contributed by atoms with Gasteiger partial charge in [-0.2, -0.15) is 0 Å². The molecule has 0 radical (unpaired) electrons. The Hall–Kier alpha value is -1.05. The number of hydrogen-bond donors (Lipinski definition) is 0. The largest absolute Gasteiger partial charge is 0.463 e. The summed E-state index contributed by atoms with van der Waals surface area (Å²) in [6.07, 6.45) is 10.1. The minimum Gasteiger partial charge on any atom is -0.463 e. The average molecular weight is 177 g/mol. The predicted molar refractivity (Wildman–Crippen MR) is 53.2 cm³/mol. The Morgan fingerprint density at radius 2 is 2.15 bits per heavy atom. The summed E-state index contributed by atoms with van der Waals surface area (Å²) in [5.74, 6) is 0.866. The minimum absolute atomic E-state index is 0.541. The van der Waals surface area contributed by atoms with Crippen LogP contribution in [0.4, 0.5) is 0 Å². The molecule has 0 unspecified atom stereocenters. The molecule has 1 saturated carbocycles. The SMILES string of the molecule is C(=NC1CCCCC1)c1ccco1. The quantitative estimate of drug-likeness (QED) is 0.637. The van der Waals surface area contributed by atoms with E-state index in [9.17, 15) is 0 Å². The molecule has 1 heterocycles. The molecule has 0 N–H and O–H groups in total. The van der Waals surface area contributed by atoms with E-state index in [1.165, 1.54) is 32.1 Å². The van der Waals surface area contributed by atoms with Crippen molar-refractivity contribution in [1.29, 1.82) is 0 Å². The molecule has 2 nitrogen and oxygen atoms in total. The fourth-order valence-electron chi connectivity index (χ4n) is 1.77. The topological polar surface area (TPSA) is 25.5 Å². The average Bonchev–Trinajstić information content (AvgIpc) is 2.69. The lowest BCUT2D eigenvalue weighted by Crippen LogP contribution is -2.09. The molecule has 0 aliphatic heterocycles. The molecule has 1 aliphatic rings. The lowest BCUT2D eigenvalue weighted by molar-refractivity contribution is 0.443. The molecular weight excluding hydrogens is 162 g/mol. The third kappa shape index (κ3) is 2.44. The van der Waals surface area contributed by atoms with Crippen molar-refractivity contribution >= 4 is 6.21 Å². The van der Waals surface area contributed by atoms with Crippen molar-refractivity contribution in [3.05, 3.63) is 24.2 Å². The zero-order valence-corrected chi connectivity index (χ0v) is 7.78. The zero-order valence-electron chi connectivity index (χ0n) is 7.78. The molecule has 0 bridgehead atoms. The van der Waals surface area contributed by atoms with E-state index in [0.29, 0.717) is 6.04 Å². The molecule has 0 atom stereocenters. The summed E-state index contributed by atoms with van der Waals surface area (Å²) in [5.41, 5.74) is 0. The van der Waals surface area contributed by atoms with Gasteiger partial charge >= 0.3 is 0 Å². The number of aliphatic imine (C=N–C) groups is 1. The smallest absolute Gasteiger partial charge is 0.144 e. The Kier molecular flexibility index (Phi) is 2.80. The van der Waals surface area contributed by atoms with E-state index in [4.69, 9.17) is 4.42 Å². The maximum atomic E-state index is 5.18. The second-order valence-electron chi connectivity index (χ2n) is 3.59. The monoisotopic (exact) mass is 177 g/mol. The third-order valence-electron chi connectivity index (χ3n) is 2.53. The standard InChI is InChI=1S/C11H15NO/c1-2-5-10(6-3-1)12-9-11-7-4-8-13-11/h4,7-10H,1-3,5-6H2. The first kappa shape index (κ1) is 8.54. The van der Waals surface area contributed by atoms with Gasteiger partial charge in [0.05, 0.1) is 18.5 Å². The summed E-state index contributed by atoms with van der Waals surface area (Å²) in [5, 5.41) is 0. The van der Waals surface area contributed by atoms with Crippen LogP contribution in [-0.4, -0.2) is 12.3 Å². The number of nitrogens with zero attached hydrogens (tertiary/aromatic N) is 1. The highest BCUT2D eigenvalue weighted by molar-refractivity contribution is 5.75. The normalized spacial score (nSPS) is 19.7. The maximum Gasteiger partial charge on any atom is 0.144 e. The molecule has 70 valence electrons. The number of rotatable bonds is 2. The van der Waals surface area contributed by atoms with Crippen molar-refractivity contribution in [2.75, 3.05) is 0 Å². The first-order chi connectivity index (χ1) is 6.45. The van der Waals surface area contributed by atoms with Gasteiger partial charge in [0.1, 0.15) is 5.76 Å². The molecule has 1 aliphatic carbocycles. The molecule has 13 heavy (non-hydrogen) atoms. The second-order valence-corrected chi connectivity index (χ2v) is 3.59. The van der Waals surface area contributed by atoms with Gasteiger partial charge in [0, 0.05) is 0 Å². The van der Waals surface area contributed by atoms with E-state index in [1.54, 1.807) is 6.26 Å². The molecule has 0 amide bonds. The number of hydrogen-bond acceptors (Lipinski definition) is 2. The van der Waals surface area contributed by atoms with Crippen LogP contribution in [-0.2, 0) is 0 Å². The van der Waals surface area contributed by atoms with E-state index >= 15 is 0 Å². The molecule has 0 saturated heterocycles. The summed E-state index contributed by atoms with van der Waals surface area (Å²) >= 11 is 0. The van der Waals surface area contributed by atoms with Gasteiger partial charge in [0.25, 0.3) is 0 Å². The highest BCUT2D eigenvalue weighted by Crippen LogP contribution is 2.20. The van der Waals surface area contributed by atoms with Gasteiger partial charge in [-0.15, -0.1) is 0 Å². The summed E-state index contributed by atoms with van der Waals surface area (Å²) in [6.45, 7) is 0. The van der Waals surface area contributed by atoms with Crippen LogP contribution in [0, 0.1) is 0 Å². The van der Waals surface area contributed by atoms with E-state index < -0.39 is 0 Å². The molecule has 2 heteroatoms. The van der Waals surface area contributed by atoms with Crippen LogP contribution in [0.25, 0.3) is 0 Å². The Balaban J connectivity index is 1.89. The van der Waals surface area contributed by atoms with Crippen molar-refractivity contribution in [3.63, 3.8) is 0 Å². The summed E-state index contributed by atoms with van der Waals surface area (Å²) in [7, 11) is 0. The van der Waals surface area contributed by atoms with Gasteiger partial charge in [-0.3, -0.25) is 4.99 Å². The molecule has 0 spiro atoms. The summed E-state index contributed by atoms with van der Waals surface area (Å²) < 4.78 is 5.18. The fraction of sp³-hybridized carbons (Fsp3) is 0.545. The molecule has 1 fully saturated rings. The molecule has 1 aromatic heterocycles. The van der Waals surface area contributed by atoms with Crippen molar-refractivity contribution in [1.82, 2.24) is 0 Å². The minimum atomic E-state index is 0.541. The lowest BCUT2D eigenvalue weighted by atomic mass is 9.96. The molecule has 2 rings (SSSR count). The lowest BCUT2D eigenvalue weighted by Gasteiger charge is -2.16. The van der Waals surface area contributed by atoms with Crippen LogP contribution >= 0.6 is 0 Å². The van der Waals surface area contributed by atoms with Crippen LogP contribution in [0.3, 0.4) is 0 Å². The number of furan rings is 1. The Labute approximate surface area is 78.7 Å². The highest BCUT2D eigenvalue weighted by Gasteiger charge is 2.10. The molecule has 1 aromatic rings. The first-order valence-electron chi connectivity index (χ1n) is 5.02. The summed E-state index contributed by atoms with van der Waals surface area (Å²) in [6, 6.07) is 4.37. The maximum absolute atomic E-state index is 5.18. The van der Waals surface area contributed by atoms with Gasteiger partial charge < -0.3 is 4.42 Å². The van der Waals surface area contributed by atoms with Gasteiger partial charge in [0.15, 0.2) is 0 Å². The van der Waals surface area contributed by atoms with Crippen LogP contribution in [0.2, 0.25) is 0 Å². The molecular formula is C11H15NO. The third-order valence-corrected chi connectivity index (χ3v) is 2.53. The highest BCUT2D eigenvalue weighted by atomic mass is 16.3. The molecule has 0 aromatic carbocycles. The van der Waals surface area contributed by atoms with Crippen LogP contribution in [0.1, 0.15) is 37.9 Å². The van der Waals surface area contributed by atoms with Crippen LogP contribution in [0.15, 0.2) is 27.8 Å². The van der Waals surface area contributed by atoms with Crippen LogP contribution < -0.4 is 0 Å². The summed E-state index contributed by atoms with van der Waals surface area (Å²) in [4.78, 5) is 4.51. The van der Waals surface area contributed by atoms with Gasteiger partial charge in [-0.05, 0) is 25.0 Å². The van der Waals surface area contributed by atoms with Gasteiger partial charge in [-0.25, -0.2) is 0 Å². The van der Waals surface area contributed by atoms with Crippen molar-refractivity contribution in [3.8, 4) is 0 Å². The predicted octanol–water partition coefficient (Wildman–Crippen LogP) is 3.03.